The first-order valence-corrected chi connectivity index (χ1v) is 11.4. The van der Waals surface area contributed by atoms with Crippen LogP contribution in [0.1, 0.15) is 36.6 Å². The van der Waals surface area contributed by atoms with Crippen LogP contribution >= 0.6 is 23.5 Å². The predicted molar refractivity (Wildman–Crippen MR) is 118 cm³/mol. The number of thioether (sulfide) groups is 2. The number of oxazole rings is 1. The van der Waals surface area contributed by atoms with E-state index >= 15 is 0 Å². The number of hydrogen-bond acceptors (Lipinski definition) is 4. The highest BCUT2D eigenvalue weighted by Gasteiger charge is 2.39. The molecule has 3 aromatic carbocycles. The Labute approximate surface area is 173 Å². The molecule has 0 unspecified atom stereocenters. The normalized spacial score (nSPS) is 16.2. The number of nitrogens with zero attached hydrogens (tertiary/aromatic N) is 1. The average molecular weight is 404 g/mol. The maximum atomic E-state index is 6.31. The van der Waals surface area contributed by atoms with Gasteiger partial charge in [-0.1, -0.05) is 61.5 Å². The molecule has 0 saturated heterocycles. The molecule has 2 atom stereocenters. The van der Waals surface area contributed by atoms with Gasteiger partial charge in [-0.25, -0.2) is 4.98 Å². The Bertz CT molecular complexity index is 1030. The zero-order valence-corrected chi connectivity index (χ0v) is 17.2. The summed E-state index contributed by atoms with van der Waals surface area (Å²) in [5.41, 5.74) is 3.17. The zero-order chi connectivity index (χ0) is 18.9. The summed E-state index contributed by atoms with van der Waals surface area (Å²) in [7, 11) is 0. The van der Waals surface area contributed by atoms with Crippen LogP contribution in [0.15, 0.2) is 93.1 Å². The van der Waals surface area contributed by atoms with Gasteiger partial charge in [0.25, 0.3) is 0 Å². The minimum atomic E-state index is 0.196. The molecule has 0 radical (unpaired) electrons. The lowest BCUT2D eigenvalue weighted by Gasteiger charge is -2.28. The first-order valence-electron chi connectivity index (χ1n) is 9.66. The van der Waals surface area contributed by atoms with E-state index in [0.717, 1.165) is 23.4 Å². The maximum Gasteiger partial charge on any atom is 0.201 e. The molecule has 0 spiro atoms. The summed E-state index contributed by atoms with van der Waals surface area (Å²) in [5.74, 6) is 1.41. The first-order chi connectivity index (χ1) is 13.8. The molecule has 5 rings (SSSR count). The van der Waals surface area contributed by atoms with Crippen LogP contribution < -0.4 is 0 Å². The molecule has 1 aromatic heterocycles. The van der Waals surface area contributed by atoms with Crippen molar-refractivity contribution in [2.75, 3.05) is 0 Å². The van der Waals surface area contributed by atoms with Crippen molar-refractivity contribution in [2.24, 2.45) is 0 Å². The Morgan fingerprint density at radius 2 is 1.50 bits per heavy atom. The lowest BCUT2D eigenvalue weighted by molar-refractivity contribution is 0.429. The van der Waals surface area contributed by atoms with Crippen molar-refractivity contribution in [3.8, 4) is 0 Å². The second-order valence-electron chi connectivity index (χ2n) is 7.02. The highest BCUT2D eigenvalue weighted by Crippen LogP contribution is 2.56. The standard InChI is InChI=1S/C24H21NOS2/c1-2-17(16-10-4-3-5-11-16)22(23-25-18-12-6-7-13-19(18)26-23)24-27-20-14-8-9-15-21(20)28-24/h3-15,17,22,24H,2H2,1H3/t17-,22-/m1/s1. The molecule has 0 N–H and O–H groups in total. The predicted octanol–water partition coefficient (Wildman–Crippen LogP) is 7.33. The summed E-state index contributed by atoms with van der Waals surface area (Å²) in [5, 5.41) is 0. The monoisotopic (exact) mass is 403 g/mol. The Hall–Kier alpha value is -2.17. The lowest BCUT2D eigenvalue weighted by atomic mass is 9.85. The zero-order valence-electron chi connectivity index (χ0n) is 15.6. The van der Waals surface area contributed by atoms with Gasteiger partial charge in [-0.2, -0.15) is 0 Å². The Morgan fingerprint density at radius 1 is 0.857 bits per heavy atom. The summed E-state index contributed by atoms with van der Waals surface area (Å²) in [6.45, 7) is 2.27. The molecule has 1 aliphatic rings. The quantitative estimate of drug-likeness (QED) is 0.348. The largest absolute Gasteiger partial charge is 0.440 e. The van der Waals surface area contributed by atoms with E-state index in [4.69, 9.17) is 9.40 Å². The van der Waals surface area contributed by atoms with Crippen LogP contribution in [0.4, 0.5) is 0 Å². The molecule has 0 aliphatic carbocycles. The molecule has 2 nitrogen and oxygen atoms in total. The fraction of sp³-hybridized carbons (Fsp3) is 0.208. The van der Waals surface area contributed by atoms with E-state index < -0.39 is 0 Å². The lowest BCUT2D eigenvalue weighted by Crippen LogP contribution is -2.19. The SMILES string of the molecule is CC[C@H](c1ccccc1)[C@H](c1nc2ccccc2o1)C1Sc2ccccc2S1. The van der Waals surface area contributed by atoms with Gasteiger partial charge in [0.05, 0.1) is 10.5 Å². The minimum Gasteiger partial charge on any atom is -0.440 e. The Balaban J connectivity index is 1.60. The van der Waals surface area contributed by atoms with Crippen LogP contribution in [0.3, 0.4) is 0 Å². The maximum absolute atomic E-state index is 6.31. The van der Waals surface area contributed by atoms with Crippen molar-refractivity contribution < 1.29 is 4.42 Å². The summed E-state index contributed by atoms with van der Waals surface area (Å²) < 4.78 is 6.65. The molecule has 28 heavy (non-hydrogen) atoms. The summed E-state index contributed by atoms with van der Waals surface area (Å²) in [6, 6.07) is 27.6. The van der Waals surface area contributed by atoms with Crippen molar-refractivity contribution in [3.05, 3.63) is 90.3 Å². The van der Waals surface area contributed by atoms with Crippen molar-refractivity contribution in [1.29, 1.82) is 0 Å². The van der Waals surface area contributed by atoms with Crippen LogP contribution in [0, 0.1) is 0 Å². The molecule has 0 amide bonds. The van der Waals surface area contributed by atoms with Crippen LogP contribution in [-0.2, 0) is 0 Å². The van der Waals surface area contributed by atoms with Gasteiger partial charge >= 0.3 is 0 Å². The second-order valence-corrected chi connectivity index (χ2v) is 9.69. The van der Waals surface area contributed by atoms with Crippen molar-refractivity contribution >= 4 is 34.6 Å². The molecule has 4 heteroatoms. The number of fused-ring (bicyclic) bond motifs is 2. The van der Waals surface area contributed by atoms with Crippen LogP contribution in [0.5, 0.6) is 0 Å². The molecule has 4 aromatic rings. The fourth-order valence-corrected chi connectivity index (χ4v) is 7.17. The van der Waals surface area contributed by atoms with Crippen LogP contribution in [0.25, 0.3) is 11.1 Å². The molecule has 2 heterocycles. The van der Waals surface area contributed by atoms with E-state index in [9.17, 15) is 0 Å². The van der Waals surface area contributed by atoms with E-state index in [2.05, 4.69) is 61.5 Å². The number of benzene rings is 3. The smallest absolute Gasteiger partial charge is 0.201 e. The van der Waals surface area contributed by atoms with E-state index in [0.29, 0.717) is 10.5 Å². The van der Waals surface area contributed by atoms with Gasteiger partial charge in [0, 0.05) is 9.79 Å². The van der Waals surface area contributed by atoms with Gasteiger partial charge in [0.15, 0.2) is 5.58 Å². The van der Waals surface area contributed by atoms with E-state index in [1.807, 2.05) is 47.8 Å². The van der Waals surface area contributed by atoms with E-state index in [1.165, 1.54) is 15.4 Å². The van der Waals surface area contributed by atoms with Gasteiger partial charge in [0.1, 0.15) is 5.52 Å². The molecular formula is C24H21NOS2. The third-order valence-corrected chi connectivity index (χ3v) is 8.30. The number of hydrogen-bond donors (Lipinski definition) is 0. The van der Waals surface area contributed by atoms with Crippen molar-refractivity contribution in [3.63, 3.8) is 0 Å². The van der Waals surface area contributed by atoms with Crippen LogP contribution in [0.2, 0.25) is 0 Å². The Kier molecular flexibility index (Phi) is 4.91. The van der Waals surface area contributed by atoms with Gasteiger partial charge in [0.2, 0.25) is 5.89 Å². The third kappa shape index (κ3) is 3.25. The topological polar surface area (TPSA) is 26.0 Å². The highest BCUT2D eigenvalue weighted by molar-refractivity contribution is 8.19. The highest BCUT2D eigenvalue weighted by atomic mass is 32.2. The van der Waals surface area contributed by atoms with Crippen LogP contribution in [-0.4, -0.2) is 9.57 Å². The third-order valence-electron chi connectivity index (χ3n) is 5.33. The summed E-state index contributed by atoms with van der Waals surface area (Å²) >= 11 is 3.90. The first kappa shape index (κ1) is 17.9. The van der Waals surface area contributed by atoms with Gasteiger partial charge < -0.3 is 4.42 Å². The summed E-state index contributed by atoms with van der Waals surface area (Å²) in [6.07, 6.45) is 1.04. The average Bonchev–Trinajstić information content (AvgIpc) is 3.36. The molecule has 0 saturated carbocycles. The molecule has 0 bridgehead atoms. The van der Waals surface area contributed by atoms with Gasteiger partial charge in [-0.15, -0.1) is 23.5 Å². The number of rotatable bonds is 5. The summed E-state index contributed by atoms with van der Waals surface area (Å²) in [4.78, 5) is 7.65. The van der Waals surface area contributed by atoms with Gasteiger partial charge in [-0.05, 0) is 42.2 Å². The number of para-hydroxylation sites is 2. The number of aromatic nitrogens is 1. The minimum absolute atomic E-state index is 0.196. The fourth-order valence-electron chi connectivity index (χ4n) is 3.97. The molecular weight excluding hydrogens is 382 g/mol. The molecule has 140 valence electrons. The second kappa shape index (κ2) is 7.69. The van der Waals surface area contributed by atoms with Crippen molar-refractivity contribution in [1.82, 2.24) is 4.98 Å². The van der Waals surface area contributed by atoms with Crippen molar-refractivity contribution in [2.45, 2.75) is 39.6 Å². The van der Waals surface area contributed by atoms with Gasteiger partial charge in [-0.3, -0.25) is 0 Å². The van der Waals surface area contributed by atoms with E-state index in [1.54, 1.807) is 0 Å². The Morgan fingerprint density at radius 3 is 2.18 bits per heavy atom. The van der Waals surface area contributed by atoms with E-state index in [-0.39, 0.29) is 5.92 Å². The molecule has 0 fully saturated rings. The molecule has 1 aliphatic heterocycles.